The summed E-state index contributed by atoms with van der Waals surface area (Å²) in [6.45, 7) is 6.64. The normalized spacial score (nSPS) is 19.4. The maximum absolute atomic E-state index is 11.9. The number of carbonyl (C=O) groups excluding carboxylic acids is 1. The Morgan fingerprint density at radius 2 is 1.62 bits per heavy atom. The fourth-order valence-electron chi connectivity index (χ4n) is 2.51. The van der Waals surface area contributed by atoms with Crippen molar-refractivity contribution in [3.8, 4) is 0 Å². The number of hydrogen-bond acceptors (Lipinski definition) is 1. The molecule has 0 unspecified atom stereocenters. The largest absolute Gasteiger partial charge is 0.300 e. The van der Waals surface area contributed by atoms with Gasteiger partial charge in [-0.3, -0.25) is 4.79 Å². The third kappa shape index (κ3) is 6.30. The molecule has 0 saturated heterocycles. The standard InChI is InChI=1S/C15H28O/c1-15(2,3)11-10-14(16)12-13-8-6-4-5-7-9-13/h13H,4-12H2,1-3H3. The van der Waals surface area contributed by atoms with Crippen LogP contribution in [0.5, 0.6) is 0 Å². The third-order valence-corrected chi connectivity index (χ3v) is 3.64. The van der Waals surface area contributed by atoms with Gasteiger partial charge in [-0.25, -0.2) is 0 Å². The van der Waals surface area contributed by atoms with Gasteiger partial charge in [-0.2, -0.15) is 0 Å². The van der Waals surface area contributed by atoms with Crippen LogP contribution in [0.2, 0.25) is 0 Å². The highest BCUT2D eigenvalue weighted by molar-refractivity contribution is 5.78. The molecule has 0 N–H and O–H groups in total. The minimum absolute atomic E-state index is 0.305. The molecule has 0 aromatic carbocycles. The second-order valence-electron chi connectivity index (χ2n) is 6.66. The Balaban J connectivity index is 2.22. The highest BCUT2D eigenvalue weighted by atomic mass is 16.1. The van der Waals surface area contributed by atoms with E-state index < -0.39 is 0 Å². The van der Waals surface area contributed by atoms with Crippen molar-refractivity contribution in [2.24, 2.45) is 11.3 Å². The molecule has 16 heavy (non-hydrogen) atoms. The molecule has 0 aromatic heterocycles. The summed E-state index contributed by atoms with van der Waals surface area (Å²) >= 11 is 0. The van der Waals surface area contributed by atoms with Gasteiger partial charge in [-0.15, -0.1) is 0 Å². The first-order chi connectivity index (χ1) is 7.47. The molecule has 1 rings (SSSR count). The summed E-state index contributed by atoms with van der Waals surface area (Å²) in [5.74, 6) is 1.21. The van der Waals surface area contributed by atoms with Gasteiger partial charge in [0.1, 0.15) is 5.78 Å². The molecule has 1 heteroatoms. The van der Waals surface area contributed by atoms with Crippen LogP contribution in [-0.4, -0.2) is 5.78 Å². The van der Waals surface area contributed by atoms with Crippen LogP contribution in [0.1, 0.15) is 78.6 Å². The van der Waals surface area contributed by atoms with Crippen molar-refractivity contribution in [1.29, 1.82) is 0 Å². The summed E-state index contributed by atoms with van der Waals surface area (Å²) in [5.41, 5.74) is 0.305. The summed E-state index contributed by atoms with van der Waals surface area (Å²) < 4.78 is 0. The average Bonchev–Trinajstić information content (AvgIpc) is 2.42. The van der Waals surface area contributed by atoms with Crippen molar-refractivity contribution in [3.05, 3.63) is 0 Å². The highest BCUT2D eigenvalue weighted by Crippen LogP contribution is 2.27. The molecule has 1 fully saturated rings. The molecule has 1 aliphatic carbocycles. The van der Waals surface area contributed by atoms with E-state index in [-0.39, 0.29) is 0 Å². The van der Waals surface area contributed by atoms with Crippen molar-refractivity contribution in [2.75, 3.05) is 0 Å². The Morgan fingerprint density at radius 3 is 2.12 bits per heavy atom. The topological polar surface area (TPSA) is 17.1 Å². The van der Waals surface area contributed by atoms with E-state index in [1.165, 1.54) is 38.5 Å². The Morgan fingerprint density at radius 1 is 1.06 bits per heavy atom. The Labute approximate surface area is 101 Å². The van der Waals surface area contributed by atoms with Gasteiger partial charge in [-0.1, -0.05) is 59.3 Å². The van der Waals surface area contributed by atoms with E-state index in [1.807, 2.05) is 0 Å². The van der Waals surface area contributed by atoms with E-state index in [2.05, 4.69) is 20.8 Å². The van der Waals surface area contributed by atoms with Gasteiger partial charge in [-0.05, 0) is 17.8 Å². The summed E-state index contributed by atoms with van der Waals surface area (Å²) in [7, 11) is 0. The molecule has 0 heterocycles. The second kappa shape index (κ2) is 6.42. The van der Waals surface area contributed by atoms with Gasteiger partial charge in [0, 0.05) is 12.8 Å². The second-order valence-corrected chi connectivity index (χ2v) is 6.66. The number of carbonyl (C=O) groups is 1. The van der Waals surface area contributed by atoms with Crippen molar-refractivity contribution < 1.29 is 4.79 Å². The maximum atomic E-state index is 11.9. The van der Waals surface area contributed by atoms with E-state index in [9.17, 15) is 4.79 Å². The van der Waals surface area contributed by atoms with Crippen LogP contribution in [0.3, 0.4) is 0 Å². The summed E-state index contributed by atoms with van der Waals surface area (Å²) in [5, 5.41) is 0. The zero-order valence-electron chi connectivity index (χ0n) is 11.3. The van der Waals surface area contributed by atoms with E-state index in [1.54, 1.807) is 0 Å². The fourth-order valence-corrected chi connectivity index (χ4v) is 2.51. The Hall–Kier alpha value is -0.330. The quantitative estimate of drug-likeness (QED) is 0.630. The van der Waals surface area contributed by atoms with Crippen LogP contribution < -0.4 is 0 Å². The SMILES string of the molecule is CC(C)(C)CCC(=O)CC1CCCCCC1. The van der Waals surface area contributed by atoms with Crippen LogP contribution in [0.15, 0.2) is 0 Å². The molecule has 0 atom stereocenters. The van der Waals surface area contributed by atoms with Crippen molar-refractivity contribution in [3.63, 3.8) is 0 Å². The highest BCUT2D eigenvalue weighted by Gasteiger charge is 2.18. The first-order valence-electron chi connectivity index (χ1n) is 6.99. The summed E-state index contributed by atoms with van der Waals surface area (Å²) in [4.78, 5) is 11.9. The molecule has 94 valence electrons. The molecule has 1 saturated carbocycles. The van der Waals surface area contributed by atoms with Gasteiger partial charge in [0.15, 0.2) is 0 Å². The lowest BCUT2D eigenvalue weighted by Gasteiger charge is -2.18. The van der Waals surface area contributed by atoms with E-state index in [0.29, 0.717) is 17.1 Å². The molecule has 0 spiro atoms. The predicted molar refractivity (Wildman–Crippen MR) is 69.5 cm³/mol. The smallest absolute Gasteiger partial charge is 0.133 e. The molecule has 0 amide bonds. The van der Waals surface area contributed by atoms with Gasteiger partial charge in [0.25, 0.3) is 0 Å². The maximum Gasteiger partial charge on any atom is 0.133 e. The van der Waals surface area contributed by atoms with E-state index in [0.717, 1.165) is 19.3 Å². The third-order valence-electron chi connectivity index (χ3n) is 3.64. The fraction of sp³-hybridized carbons (Fsp3) is 0.933. The van der Waals surface area contributed by atoms with Crippen molar-refractivity contribution in [2.45, 2.75) is 78.6 Å². The van der Waals surface area contributed by atoms with Gasteiger partial charge >= 0.3 is 0 Å². The van der Waals surface area contributed by atoms with Gasteiger partial charge < -0.3 is 0 Å². The number of ketones is 1. The lowest BCUT2D eigenvalue weighted by Crippen LogP contribution is -2.12. The lowest BCUT2D eigenvalue weighted by atomic mass is 9.87. The van der Waals surface area contributed by atoms with Crippen LogP contribution in [-0.2, 0) is 4.79 Å². The summed E-state index contributed by atoms with van der Waals surface area (Å²) in [6.07, 6.45) is 10.7. The first kappa shape index (κ1) is 13.7. The minimum Gasteiger partial charge on any atom is -0.300 e. The van der Waals surface area contributed by atoms with Crippen LogP contribution >= 0.6 is 0 Å². The molecule has 0 bridgehead atoms. The van der Waals surface area contributed by atoms with Crippen molar-refractivity contribution in [1.82, 2.24) is 0 Å². The van der Waals surface area contributed by atoms with Crippen molar-refractivity contribution >= 4 is 5.78 Å². The van der Waals surface area contributed by atoms with Crippen LogP contribution in [0.25, 0.3) is 0 Å². The average molecular weight is 224 g/mol. The molecule has 0 aromatic rings. The molecule has 1 aliphatic rings. The van der Waals surface area contributed by atoms with E-state index >= 15 is 0 Å². The Bertz CT molecular complexity index is 204. The Kier molecular flexibility index (Phi) is 5.51. The minimum atomic E-state index is 0.305. The lowest BCUT2D eigenvalue weighted by molar-refractivity contribution is -0.120. The van der Waals surface area contributed by atoms with Gasteiger partial charge in [0.2, 0.25) is 0 Å². The monoisotopic (exact) mass is 224 g/mol. The van der Waals surface area contributed by atoms with E-state index in [4.69, 9.17) is 0 Å². The number of hydrogen-bond donors (Lipinski definition) is 0. The molecule has 1 nitrogen and oxygen atoms in total. The zero-order chi connectivity index (χ0) is 12.0. The van der Waals surface area contributed by atoms with Crippen LogP contribution in [0, 0.1) is 11.3 Å². The van der Waals surface area contributed by atoms with Crippen LogP contribution in [0.4, 0.5) is 0 Å². The number of Topliss-reactive ketones (excluding diaryl/α,β-unsaturated/α-hetero) is 1. The number of rotatable bonds is 4. The predicted octanol–water partition coefficient (Wildman–Crippen LogP) is 4.74. The van der Waals surface area contributed by atoms with Gasteiger partial charge in [0.05, 0.1) is 0 Å². The first-order valence-corrected chi connectivity index (χ1v) is 6.99. The zero-order valence-corrected chi connectivity index (χ0v) is 11.3. The molecular weight excluding hydrogens is 196 g/mol. The summed E-state index contributed by atoms with van der Waals surface area (Å²) in [6, 6.07) is 0. The molecule has 0 aliphatic heterocycles. The molecule has 0 radical (unpaired) electrons. The molecular formula is C15H28O.